The minimum atomic E-state index is -4.52. The van der Waals surface area contributed by atoms with Crippen molar-refractivity contribution < 1.29 is 17.6 Å². The molecule has 1 aromatic carbocycles. The van der Waals surface area contributed by atoms with Gasteiger partial charge in [-0.3, -0.25) is 0 Å². The van der Waals surface area contributed by atoms with Crippen LogP contribution in [0.25, 0.3) is 5.69 Å². The summed E-state index contributed by atoms with van der Waals surface area (Å²) in [5, 5.41) is 6.07. The van der Waals surface area contributed by atoms with Crippen molar-refractivity contribution in [2.75, 3.05) is 12.4 Å². The molecular formula is C11H10ClF4N3. The fourth-order valence-corrected chi connectivity index (χ4v) is 1.48. The number of nitrogens with one attached hydrogen (secondary N) is 1. The van der Waals surface area contributed by atoms with E-state index in [4.69, 9.17) is 0 Å². The van der Waals surface area contributed by atoms with Crippen molar-refractivity contribution in [1.82, 2.24) is 9.78 Å². The van der Waals surface area contributed by atoms with Gasteiger partial charge < -0.3 is 5.32 Å². The fraction of sp³-hybridized carbons (Fsp3) is 0.182. The number of rotatable bonds is 2. The molecule has 0 fully saturated rings. The first kappa shape index (κ1) is 15.3. The first-order chi connectivity index (χ1) is 8.41. The minimum Gasteiger partial charge on any atom is -0.373 e. The van der Waals surface area contributed by atoms with Crippen molar-refractivity contribution >= 4 is 18.2 Å². The summed E-state index contributed by atoms with van der Waals surface area (Å²) < 4.78 is 51.4. The number of hydrogen-bond donors (Lipinski definition) is 1. The van der Waals surface area contributed by atoms with Gasteiger partial charge in [0.05, 0.1) is 5.69 Å². The molecule has 1 aromatic heterocycles. The second-order valence-corrected chi connectivity index (χ2v) is 3.55. The van der Waals surface area contributed by atoms with Crippen molar-refractivity contribution in [2.24, 2.45) is 0 Å². The first-order valence-corrected chi connectivity index (χ1v) is 5.03. The van der Waals surface area contributed by atoms with Crippen LogP contribution in [0.4, 0.5) is 23.4 Å². The Kier molecular flexibility index (Phi) is 4.41. The van der Waals surface area contributed by atoms with Crippen LogP contribution < -0.4 is 5.32 Å². The van der Waals surface area contributed by atoms with Crippen molar-refractivity contribution in [3.63, 3.8) is 0 Å². The van der Waals surface area contributed by atoms with Crippen molar-refractivity contribution in [2.45, 2.75) is 6.18 Å². The standard InChI is InChI=1S/C11H9F4N3.ClH/c1-16-10-6-9(11(13,14)15)17-18(10)8-4-2-7(12)3-5-8;/h2-6,16H,1H3;1H. The molecule has 104 valence electrons. The van der Waals surface area contributed by atoms with Crippen LogP contribution in [0.15, 0.2) is 30.3 Å². The number of alkyl halides is 3. The van der Waals surface area contributed by atoms with Crippen LogP contribution in [0, 0.1) is 5.82 Å². The highest BCUT2D eigenvalue weighted by atomic mass is 35.5. The molecule has 2 aromatic rings. The molecule has 0 radical (unpaired) electrons. The second-order valence-electron chi connectivity index (χ2n) is 3.55. The summed E-state index contributed by atoms with van der Waals surface area (Å²) in [5.41, 5.74) is -0.660. The maximum Gasteiger partial charge on any atom is 0.435 e. The third-order valence-electron chi connectivity index (χ3n) is 2.33. The number of aromatic nitrogens is 2. The lowest BCUT2D eigenvalue weighted by molar-refractivity contribution is -0.141. The molecule has 1 N–H and O–H groups in total. The van der Waals surface area contributed by atoms with Gasteiger partial charge in [0.1, 0.15) is 11.6 Å². The Morgan fingerprint density at radius 3 is 2.21 bits per heavy atom. The van der Waals surface area contributed by atoms with E-state index >= 15 is 0 Å². The number of halogens is 5. The van der Waals surface area contributed by atoms with Crippen LogP contribution in [0.5, 0.6) is 0 Å². The molecule has 0 bridgehead atoms. The molecule has 0 aliphatic carbocycles. The summed E-state index contributed by atoms with van der Waals surface area (Å²) in [6, 6.07) is 5.91. The zero-order chi connectivity index (χ0) is 13.3. The van der Waals surface area contributed by atoms with Gasteiger partial charge in [-0.1, -0.05) is 0 Å². The van der Waals surface area contributed by atoms with Crippen LogP contribution in [0.1, 0.15) is 5.69 Å². The molecule has 0 saturated carbocycles. The topological polar surface area (TPSA) is 29.9 Å². The normalized spacial score (nSPS) is 11.0. The summed E-state index contributed by atoms with van der Waals surface area (Å²) in [7, 11) is 1.48. The van der Waals surface area contributed by atoms with E-state index in [0.717, 1.165) is 22.9 Å². The van der Waals surface area contributed by atoms with E-state index in [9.17, 15) is 17.6 Å². The van der Waals surface area contributed by atoms with Crippen LogP contribution in [0.2, 0.25) is 0 Å². The lowest BCUT2D eigenvalue weighted by Gasteiger charge is -2.06. The molecule has 0 spiro atoms. The molecule has 8 heteroatoms. The third kappa shape index (κ3) is 3.17. The Morgan fingerprint density at radius 1 is 1.16 bits per heavy atom. The predicted octanol–water partition coefficient (Wildman–Crippen LogP) is 3.49. The average Bonchev–Trinajstić information content (AvgIpc) is 2.73. The highest BCUT2D eigenvalue weighted by Crippen LogP contribution is 2.31. The van der Waals surface area contributed by atoms with E-state index in [0.29, 0.717) is 5.69 Å². The smallest absolute Gasteiger partial charge is 0.373 e. The predicted molar refractivity (Wildman–Crippen MR) is 65.3 cm³/mol. The maximum atomic E-state index is 12.8. The number of nitrogens with zero attached hydrogens (tertiary/aromatic N) is 2. The summed E-state index contributed by atoms with van der Waals surface area (Å²) in [6.07, 6.45) is -4.52. The third-order valence-corrected chi connectivity index (χ3v) is 2.33. The SMILES string of the molecule is CNc1cc(C(F)(F)F)nn1-c1ccc(F)cc1.Cl. The highest BCUT2D eigenvalue weighted by molar-refractivity contribution is 5.85. The fourth-order valence-electron chi connectivity index (χ4n) is 1.48. The van der Waals surface area contributed by atoms with Gasteiger partial charge in [0, 0.05) is 13.1 Å². The van der Waals surface area contributed by atoms with E-state index < -0.39 is 17.7 Å². The van der Waals surface area contributed by atoms with Crippen molar-refractivity contribution in [1.29, 1.82) is 0 Å². The largest absolute Gasteiger partial charge is 0.435 e. The van der Waals surface area contributed by atoms with Crippen LogP contribution >= 0.6 is 12.4 Å². The Bertz CT molecular complexity index is 548. The van der Waals surface area contributed by atoms with Gasteiger partial charge >= 0.3 is 6.18 Å². The van der Waals surface area contributed by atoms with Crippen LogP contribution in [-0.4, -0.2) is 16.8 Å². The summed E-state index contributed by atoms with van der Waals surface area (Å²) in [4.78, 5) is 0. The molecule has 19 heavy (non-hydrogen) atoms. The molecule has 3 nitrogen and oxygen atoms in total. The van der Waals surface area contributed by atoms with Gasteiger partial charge in [0.25, 0.3) is 0 Å². The van der Waals surface area contributed by atoms with Gasteiger partial charge in [0.2, 0.25) is 0 Å². The quantitative estimate of drug-likeness (QED) is 0.860. The Hall–Kier alpha value is -1.76. The monoisotopic (exact) mass is 295 g/mol. The number of anilines is 1. The first-order valence-electron chi connectivity index (χ1n) is 5.03. The number of hydrogen-bond acceptors (Lipinski definition) is 2. The van der Waals surface area contributed by atoms with Gasteiger partial charge in [-0.15, -0.1) is 12.4 Å². The van der Waals surface area contributed by atoms with Gasteiger partial charge in [-0.05, 0) is 24.3 Å². The summed E-state index contributed by atoms with van der Waals surface area (Å²) >= 11 is 0. The Labute approximate surface area is 112 Å². The molecule has 0 amide bonds. The van der Waals surface area contributed by atoms with Gasteiger partial charge in [-0.2, -0.15) is 18.3 Å². The van der Waals surface area contributed by atoms with E-state index in [-0.39, 0.29) is 18.2 Å². The molecule has 0 aliphatic rings. The zero-order valence-corrected chi connectivity index (χ0v) is 10.5. The summed E-state index contributed by atoms with van der Waals surface area (Å²) in [5.74, 6) is -0.290. The van der Waals surface area contributed by atoms with Crippen molar-refractivity contribution in [3.8, 4) is 5.69 Å². The highest BCUT2D eigenvalue weighted by Gasteiger charge is 2.35. The molecule has 0 atom stereocenters. The lowest BCUT2D eigenvalue weighted by Crippen LogP contribution is -2.07. The zero-order valence-electron chi connectivity index (χ0n) is 9.70. The second kappa shape index (κ2) is 5.48. The van der Waals surface area contributed by atoms with E-state index in [2.05, 4.69) is 10.4 Å². The minimum absolute atomic E-state index is 0. The van der Waals surface area contributed by atoms with E-state index in [1.54, 1.807) is 0 Å². The molecule has 0 saturated heterocycles. The van der Waals surface area contributed by atoms with E-state index in [1.165, 1.54) is 19.2 Å². The van der Waals surface area contributed by atoms with Crippen LogP contribution in [0.3, 0.4) is 0 Å². The molecular weight excluding hydrogens is 286 g/mol. The average molecular weight is 296 g/mol. The molecule has 2 rings (SSSR count). The Balaban J connectivity index is 0.00000180. The molecule has 1 heterocycles. The van der Waals surface area contributed by atoms with E-state index in [1.807, 2.05) is 0 Å². The molecule has 0 aliphatic heterocycles. The Morgan fingerprint density at radius 2 is 1.74 bits per heavy atom. The lowest BCUT2D eigenvalue weighted by atomic mass is 10.3. The summed E-state index contributed by atoms with van der Waals surface area (Å²) in [6.45, 7) is 0. The van der Waals surface area contributed by atoms with Gasteiger partial charge in [-0.25, -0.2) is 9.07 Å². The number of benzene rings is 1. The van der Waals surface area contributed by atoms with Crippen LogP contribution in [-0.2, 0) is 6.18 Å². The maximum absolute atomic E-state index is 12.8. The molecule has 0 unspecified atom stereocenters. The van der Waals surface area contributed by atoms with Gasteiger partial charge in [0.15, 0.2) is 5.69 Å². The van der Waals surface area contributed by atoms with Crippen molar-refractivity contribution in [3.05, 3.63) is 41.8 Å².